The second kappa shape index (κ2) is 11.6. The number of anilines is 1. The molecule has 0 atom stereocenters. The molecule has 0 aliphatic carbocycles. The fourth-order valence-corrected chi connectivity index (χ4v) is 5.32. The predicted octanol–water partition coefficient (Wildman–Crippen LogP) is 4.73. The summed E-state index contributed by atoms with van der Waals surface area (Å²) in [5.74, 6) is 0.908. The van der Waals surface area contributed by atoms with Crippen LogP contribution in [0.1, 0.15) is 45.4 Å². The summed E-state index contributed by atoms with van der Waals surface area (Å²) in [6, 6.07) is 11.1. The largest absolute Gasteiger partial charge is 0.492 e. The summed E-state index contributed by atoms with van der Waals surface area (Å²) in [4.78, 5) is 33.9. The van der Waals surface area contributed by atoms with E-state index in [4.69, 9.17) is 21.3 Å². The number of benzene rings is 1. The minimum absolute atomic E-state index is 0. The summed E-state index contributed by atoms with van der Waals surface area (Å²) in [6.07, 6.45) is 3.15. The molecule has 11 heteroatoms. The number of halogens is 1. The Hall–Kier alpha value is -3.37. The lowest BCUT2D eigenvalue weighted by molar-refractivity contribution is 0.0981. The van der Waals surface area contributed by atoms with Gasteiger partial charge in [0.25, 0.3) is 21.5 Å². The monoisotopic (exact) mass is 560 g/mol. The molecule has 204 valence electrons. The van der Waals surface area contributed by atoms with Gasteiger partial charge in [-0.1, -0.05) is 38.4 Å². The third-order valence-electron chi connectivity index (χ3n) is 6.30. The number of aromatic amines is 1. The van der Waals surface area contributed by atoms with Gasteiger partial charge in [-0.25, -0.2) is 18.1 Å². The lowest BCUT2D eigenvalue weighted by Crippen LogP contribution is -2.38. The van der Waals surface area contributed by atoms with Crippen molar-refractivity contribution >= 4 is 33.3 Å². The van der Waals surface area contributed by atoms with Crippen molar-refractivity contribution in [3.63, 3.8) is 0 Å². The third-order valence-corrected chi connectivity index (χ3v) is 7.97. The standard InChI is InChI=1S/C27H31ClN4O5S.H2/c1-17(2)16-37-23-15-19(6-8-21(23)28)22-9-7-20(25(30-22)32-13-10-18(3)11-14-32)26(33)31-38(35,36)24-5-4-12-29-27(24)34;/h4-9,12,15,17-18H,10-11,13-14,16H2,1-3H3,(H,29,34)(H,31,33);1H. The van der Waals surface area contributed by atoms with Crippen LogP contribution in [0.4, 0.5) is 5.82 Å². The Kier molecular flexibility index (Phi) is 8.42. The van der Waals surface area contributed by atoms with E-state index in [1.165, 1.54) is 12.3 Å². The number of ether oxygens (including phenoxy) is 1. The molecule has 0 spiro atoms. The highest BCUT2D eigenvalue weighted by Crippen LogP contribution is 2.33. The maximum atomic E-state index is 13.3. The quantitative estimate of drug-likeness (QED) is 0.408. The van der Waals surface area contributed by atoms with Crippen molar-refractivity contribution < 1.29 is 19.4 Å². The first-order valence-corrected chi connectivity index (χ1v) is 14.3. The number of hydrogen-bond donors (Lipinski definition) is 2. The van der Waals surface area contributed by atoms with Crippen LogP contribution in [0, 0.1) is 11.8 Å². The van der Waals surface area contributed by atoms with Gasteiger partial charge >= 0.3 is 0 Å². The molecule has 38 heavy (non-hydrogen) atoms. The first-order chi connectivity index (χ1) is 18.0. The Balaban J connectivity index is 0.00000420. The molecular weight excluding hydrogens is 528 g/mol. The van der Waals surface area contributed by atoms with Crippen LogP contribution < -0.4 is 19.9 Å². The molecule has 4 rings (SSSR count). The number of sulfonamides is 1. The molecule has 1 aromatic carbocycles. The molecule has 0 radical (unpaired) electrons. The average molecular weight is 561 g/mol. The molecular formula is C27H33ClN4O5S. The van der Waals surface area contributed by atoms with Crippen LogP contribution in [0.3, 0.4) is 0 Å². The van der Waals surface area contributed by atoms with Crippen LogP contribution in [0.5, 0.6) is 5.75 Å². The van der Waals surface area contributed by atoms with Crippen LogP contribution in [0.15, 0.2) is 58.4 Å². The second-order valence-corrected chi connectivity index (χ2v) is 11.9. The highest BCUT2D eigenvalue weighted by molar-refractivity contribution is 7.90. The predicted molar refractivity (Wildman–Crippen MR) is 149 cm³/mol. The van der Waals surface area contributed by atoms with Crippen LogP contribution in [0.25, 0.3) is 11.3 Å². The number of rotatable bonds is 8. The van der Waals surface area contributed by atoms with Crippen molar-refractivity contribution in [1.82, 2.24) is 14.7 Å². The van der Waals surface area contributed by atoms with Crippen molar-refractivity contribution in [3.8, 4) is 17.0 Å². The maximum absolute atomic E-state index is 13.3. The van der Waals surface area contributed by atoms with E-state index in [9.17, 15) is 18.0 Å². The molecule has 1 aliphatic heterocycles. The number of nitrogens with one attached hydrogen (secondary N) is 2. The third kappa shape index (κ3) is 6.36. The van der Waals surface area contributed by atoms with E-state index in [0.717, 1.165) is 24.5 Å². The molecule has 3 heterocycles. The lowest BCUT2D eigenvalue weighted by Gasteiger charge is -2.32. The first-order valence-electron chi connectivity index (χ1n) is 12.5. The van der Waals surface area contributed by atoms with Crippen LogP contribution >= 0.6 is 11.6 Å². The van der Waals surface area contributed by atoms with E-state index in [1.807, 2.05) is 29.5 Å². The number of aromatic nitrogens is 2. The number of carbonyl (C=O) groups is 1. The highest BCUT2D eigenvalue weighted by atomic mass is 35.5. The topological polar surface area (TPSA) is 121 Å². The molecule has 9 nitrogen and oxygen atoms in total. The van der Waals surface area contributed by atoms with E-state index >= 15 is 0 Å². The van der Waals surface area contributed by atoms with Crippen LogP contribution in [0.2, 0.25) is 5.02 Å². The average Bonchev–Trinajstić information content (AvgIpc) is 2.88. The molecule has 1 aliphatic rings. The minimum atomic E-state index is -4.40. The number of amides is 1. The van der Waals surface area contributed by atoms with Gasteiger partial charge in [0.1, 0.15) is 11.6 Å². The fraction of sp³-hybridized carbons (Fsp3) is 0.370. The molecule has 2 aromatic heterocycles. The summed E-state index contributed by atoms with van der Waals surface area (Å²) < 4.78 is 33.5. The Morgan fingerprint density at radius 3 is 2.66 bits per heavy atom. The number of pyridine rings is 2. The Bertz CT molecular complexity index is 1490. The zero-order valence-electron chi connectivity index (χ0n) is 21.5. The maximum Gasteiger partial charge on any atom is 0.269 e. The van der Waals surface area contributed by atoms with Gasteiger partial charge in [-0.15, -0.1) is 0 Å². The first kappa shape index (κ1) is 27.7. The molecule has 1 saturated heterocycles. The van der Waals surface area contributed by atoms with E-state index in [2.05, 4.69) is 11.9 Å². The summed E-state index contributed by atoms with van der Waals surface area (Å²) in [5.41, 5.74) is 0.619. The highest BCUT2D eigenvalue weighted by Gasteiger charge is 2.27. The van der Waals surface area contributed by atoms with Crippen molar-refractivity contribution in [2.24, 2.45) is 11.8 Å². The van der Waals surface area contributed by atoms with Crippen molar-refractivity contribution in [2.45, 2.75) is 38.5 Å². The zero-order valence-corrected chi connectivity index (χ0v) is 23.1. The SMILES string of the molecule is CC(C)COc1cc(-c2ccc(C(=O)NS(=O)(=O)c3ccc[nH]c3=O)c(N3CCC(C)CC3)n2)ccc1Cl.[HH]. The molecule has 0 bridgehead atoms. The molecule has 1 amide bonds. The minimum Gasteiger partial charge on any atom is -0.492 e. The van der Waals surface area contributed by atoms with E-state index < -0.39 is 26.4 Å². The number of carbonyl (C=O) groups excluding carboxylic acids is 1. The number of H-pyrrole nitrogens is 1. The Morgan fingerprint density at radius 1 is 1.24 bits per heavy atom. The normalized spacial score (nSPS) is 14.5. The number of piperidine rings is 1. The van der Waals surface area contributed by atoms with Crippen LogP contribution in [-0.2, 0) is 10.0 Å². The van der Waals surface area contributed by atoms with Crippen molar-refractivity contribution in [3.05, 3.63) is 69.6 Å². The van der Waals surface area contributed by atoms with E-state index in [1.54, 1.807) is 24.3 Å². The van der Waals surface area contributed by atoms with Crippen molar-refractivity contribution in [1.29, 1.82) is 0 Å². The molecule has 3 aromatic rings. The Labute approximate surface area is 228 Å². The summed E-state index contributed by atoms with van der Waals surface area (Å²) in [5, 5.41) is 0.483. The second-order valence-electron chi connectivity index (χ2n) is 9.89. The van der Waals surface area contributed by atoms with Gasteiger partial charge in [-0.05, 0) is 61.1 Å². The molecule has 0 saturated carbocycles. The fourth-order valence-electron chi connectivity index (χ4n) is 4.13. The summed E-state index contributed by atoms with van der Waals surface area (Å²) >= 11 is 6.34. The van der Waals surface area contributed by atoms with Gasteiger partial charge in [0.15, 0.2) is 4.90 Å². The number of nitrogens with zero attached hydrogens (tertiary/aromatic N) is 2. The summed E-state index contributed by atoms with van der Waals surface area (Å²) in [6.45, 7) is 8.11. The van der Waals surface area contributed by atoms with Crippen molar-refractivity contribution in [2.75, 3.05) is 24.6 Å². The molecule has 1 fully saturated rings. The van der Waals surface area contributed by atoms with E-state index in [-0.39, 0.29) is 6.99 Å². The lowest BCUT2D eigenvalue weighted by atomic mass is 9.98. The van der Waals surface area contributed by atoms with Gasteiger partial charge in [0.05, 0.1) is 22.9 Å². The van der Waals surface area contributed by atoms with Gasteiger partial charge in [-0.2, -0.15) is 0 Å². The van der Waals surface area contributed by atoms with E-state index in [0.29, 0.717) is 53.8 Å². The number of hydrogen-bond acceptors (Lipinski definition) is 7. The van der Waals surface area contributed by atoms with Gasteiger partial charge in [0.2, 0.25) is 0 Å². The van der Waals surface area contributed by atoms with Gasteiger partial charge in [0, 0.05) is 26.3 Å². The zero-order chi connectivity index (χ0) is 27.4. The Morgan fingerprint density at radius 2 is 1.97 bits per heavy atom. The van der Waals surface area contributed by atoms with Gasteiger partial charge in [-0.3, -0.25) is 9.59 Å². The van der Waals surface area contributed by atoms with Gasteiger partial charge < -0.3 is 14.6 Å². The molecule has 0 unspecified atom stereocenters. The van der Waals surface area contributed by atoms with Crippen LogP contribution in [-0.4, -0.2) is 44.0 Å². The smallest absolute Gasteiger partial charge is 0.269 e. The summed E-state index contributed by atoms with van der Waals surface area (Å²) in [7, 11) is -4.40. The molecule has 2 N–H and O–H groups in total.